The van der Waals surface area contributed by atoms with Crippen LogP contribution in [0.5, 0.6) is 0 Å². The number of rotatable bonds is 5. The summed E-state index contributed by atoms with van der Waals surface area (Å²) in [6.45, 7) is 0.654. The monoisotopic (exact) mass is 340 g/mol. The molecule has 2 aromatic carbocycles. The Morgan fingerprint density at radius 3 is 2.43 bits per heavy atom. The van der Waals surface area contributed by atoms with Crippen LogP contribution in [0.4, 0.5) is 18.9 Å². The summed E-state index contributed by atoms with van der Waals surface area (Å²) in [6, 6.07) is 14.2. The molecule has 1 amide bonds. The molecule has 0 heterocycles. The number of hydrogen-bond donors (Lipinski definition) is 2. The van der Waals surface area contributed by atoms with Gasteiger partial charge in [0.15, 0.2) is 0 Å². The van der Waals surface area contributed by atoms with E-state index in [2.05, 4.69) is 4.72 Å². The molecule has 0 atom stereocenters. The minimum absolute atomic E-state index is 0.189. The van der Waals surface area contributed by atoms with Crippen molar-refractivity contribution in [3.8, 4) is 0 Å². The smallest absolute Gasteiger partial charge is 0.343 e. The third kappa shape index (κ3) is 5.86. The summed E-state index contributed by atoms with van der Waals surface area (Å²) in [5, 5.41) is 1.84. The first-order valence-corrected chi connectivity index (χ1v) is 7.60. The van der Waals surface area contributed by atoms with E-state index in [9.17, 15) is 18.0 Å². The van der Waals surface area contributed by atoms with Gasteiger partial charge in [0.25, 0.3) is 5.91 Å². The minimum atomic E-state index is -4.41. The van der Waals surface area contributed by atoms with Crippen molar-refractivity contribution in [2.45, 2.75) is 18.0 Å². The quantitative estimate of drug-likeness (QED) is 0.793. The molecule has 0 unspecified atom stereocenters. The number of nitrogens with one attached hydrogen (secondary N) is 2. The second-order valence-electron chi connectivity index (χ2n) is 4.90. The van der Waals surface area contributed by atoms with Crippen LogP contribution >= 0.6 is 11.9 Å². The van der Waals surface area contributed by atoms with Gasteiger partial charge in [-0.25, -0.2) is 0 Å². The molecule has 23 heavy (non-hydrogen) atoms. The second-order valence-corrected chi connectivity index (χ2v) is 5.78. The van der Waals surface area contributed by atoms with E-state index in [0.717, 1.165) is 16.1 Å². The standard InChI is InChI=1S/C16H15F3N2OS/c1-11-3-2-4-13(9-11)21-23-14-7-5-12(6-8-14)15(22)20-10-16(17,18)19/h2-9,21H,10H2,1H3,(H,20,22). The van der Waals surface area contributed by atoms with Crippen LogP contribution in [0.25, 0.3) is 0 Å². The molecule has 2 N–H and O–H groups in total. The number of carbonyl (C=O) groups is 1. The van der Waals surface area contributed by atoms with Gasteiger partial charge in [0.05, 0.1) is 0 Å². The van der Waals surface area contributed by atoms with E-state index in [1.54, 1.807) is 12.1 Å². The number of amides is 1. The summed E-state index contributed by atoms with van der Waals surface area (Å²) in [7, 11) is 0. The van der Waals surface area contributed by atoms with Crippen LogP contribution in [0.1, 0.15) is 15.9 Å². The van der Waals surface area contributed by atoms with Crippen molar-refractivity contribution in [1.29, 1.82) is 0 Å². The van der Waals surface area contributed by atoms with Crippen molar-refractivity contribution in [1.82, 2.24) is 5.32 Å². The van der Waals surface area contributed by atoms with Gasteiger partial charge in [-0.2, -0.15) is 13.2 Å². The first-order chi connectivity index (χ1) is 10.8. The molecule has 0 spiro atoms. The zero-order valence-electron chi connectivity index (χ0n) is 12.3. The lowest BCUT2D eigenvalue weighted by Crippen LogP contribution is -2.33. The highest BCUT2D eigenvalue weighted by Crippen LogP contribution is 2.22. The maximum absolute atomic E-state index is 12.1. The highest BCUT2D eigenvalue weighted by atomic mass is 32.2. The fraction of sp³-hybridized carbons (Fsp3) is 0.188. The SMILES string of the molecule is Cc1cccc(NSc2ccc(C(=O)NCC(F)(F)F)cc2)c1. The zero-order valence-corrected chi connectivity index (χ0v) is 13.1. The molecular formula is C16H15F3N2OS. The van der Waals surface area contributed by atoms with Crippen LogP contribution in [0.15, 0.2) is 53.4 Å². The lowest BCUT2D eigenvalue weighted by Gasteiger charge is -2.09. The third-order valence-corrected chi connectivity index (χ3v) is 3.72. The molecule has 0 aliphatic carbocycles. The lowest BCUT2D eigenvalue weighted by molar-refractivity contribution is -0.123. The van der Waals surface area contributed by atoms with Gasteiger partial charge >= 0.3 is 6.18 Å². The average molecular weight is 340 g/mol. The normalized spacial score (nSPS) is 11.1. The first-order valence-electron chi connectivity index (χ1n) is 6.78. The largest absolute Gasteiger partial charge is 0.405 e. The van der Waals surface area contributed by atoms with Crippen molar-refractivity contribution in [2.75, 3.05) is 11.3 Å². The molecular weight excluding hydrogens is 325 g/mol. The molecule has 0 aromatic heterocycles. The number of benzene rings is 2. The van der Waals surface area contributed by atoms with Crippen molar-refractivity contribution < 1.29 is 18.0 Å². The molecule has 2 aromatic rings. The zero-order chi connectivity index (χ0) is 16.9. The fourth-order valence-electron chi connectivity index (χ4n) is 1.78. The summed E-state index contributed by atoms with van der Waals surface area (Å²) in [5.41, 5.74) is 2.27. The first kappa shape index (κ1) is 17.2. The van der Waals surface area contributed by atoms with Crippen LogP contribution in [0.2, 0.25) is 0 Å². The van der Waals surface area contributed by atoms with Crippen molar-refractivity contribution in [3.05, 3.63) is 59.7 Å². The van der Waals surface area contributed by atoms with Crippen LogP contribution < -0.4 is 10.0 Å². The molecule has 7 heteroatoms. The van der Waals surface area contributed by atoms with Crippen LogP contribution in [0, 0.1) is 6.92 Å². The lowest BCUT2D eigenvalue weighted by atomic mass is 10.2. The van der Waals surface area contributed by atoms with Gasteiger partial charge in [0.2, 0.25) is 0 Å². The molecule has 0 bridgehead atoms. The molecule has 0 radical (unpaired) electrons. The van der Waals surface area contributed by atoms with E-state index >= 15 is 0 Å². The number of halogens is 3. The van der Waals surface area contributed by atoms with E-state index in [1.165, 1.54) is 24.1 Å². The van der Waals surface area contributed by atoms with Crippen molar-refractivity contribution in [2.24, 2.45) is 0 Å². The van der Waals surface area contributed by atoms with E-state index in [-0.39, 0.29) is 5.56 Å². The van der Waals surface area contributed by atoms with Gasteiger partial charge in [0, 0.05) is 16.1 Å². The van der Waals surface area contributed by atoms with E-state index in [4.69, 9.17) is 0 Å². The number of alkyl halides is 3. The molecule has 2 rings (SSSR count). The summed E-state index contributed by atoms with van der Waals surface area (Å²) in [5.74, 6) is -0.745. The maximum Gasteiger partial charge on any atom is 0.405 e. The Morgan fingerprint density at radius 2 is 1.83 bits per heavy atom. The molecule has 122 valence electrons. The van der Waals surface area contributed by atoms with Gasteiger partial charge in [-0.1, -0.05) is 12.1 Å². The van der Waals surface area contributed by atoms with E-state index in [0.29, 0.717) is 0 Å². The van der Waals surface area contributed by atoms with Crippen molar-refractivity contribution in [3.63, 3.8) is 0 Å². The van der Waals surface area contributed by atoms with Gasteiger partial charge in [-0.3, -0.25) is 4.79 Å². The molecule has 0 aliphatic heterocycles. The van der Waals surface area contributed by atoms with E-state index in [1.807, 2.05) is 36.5 Å². The Labute approximate surface area is 136 Å². The maximum atomic E-state index is 12.1. The van der Waals surface area contributed by atoms with Crippen LogP contribution in [-0.2, 0) is 0 Å². The Kier molecular flexibility index (Phi) is 5.54. The third-order valence-electron chi connectivity index (χ3n) is 2.87. The Balaban J connectivity index is 1.90. The van der Waals surface area contributed by atoms with Gasteiger partial charge in [0.1, 0.15) is 6.54 Å². The van der Waals surface area contributed by atoms with Gasteiger partial charge in [-0.15, -0.1) is 0 Å². The Hall–Kier alpha value is -2.15. The minimum Gasteiger partial charge on any atom is -0.343 e. The highest BCUT2D eigenvalue weighted by molar-refractivity contribution is 8.00. The van der Waals surface area contributed by atoms with Gasteiger partial charge in [-0.05, 0) is 60.8 Å². The average Bonchev–Trinajstić information content (AvgIpc) is 2.50. The van der Waals surface area contributed by atoms with Gasteiger partial charge < -0.3 is 10.0 Å². The Bertz CT molecular complexity index is 672. The number of hydrogen-bond acceptors (Lipinski definition) is 3. The second kappa shape index (κ2) is 7.41. The number of anilines is 1. The topological polar surface area (TPSA) is 41.1 Å². The predicted molar refractivity (Wildman–Crippen MR) is 85.5 cm³/mol. The molecule has 0 fully saturated rings. The Morgan fingerprint density at radius 1 is 1.13 bits per heavy atom. The van der Waals surface area contributed by atoms with Crippen LogP contribution in [0.3, 0.4) is 0 Å². The molecule has 3 nitrogen and oxygen atoms in total. The van der Waals surface area contributed by atoms with E-state index < -0.39 is 18.6 Å². The summed E-state index contributed by atoms with van der Waals surface area (Å²) >= 11 is 1.36. The number of carbonyl (C=O) groups excluding carboxylic acids is 1. The molecule has 0 saturated heterocycles. The molecule has 0 saturated carbocycles. The number of aryl methyl sites for hydroxylation is 1. The highest BCUT2D eigenvalue weighted by Gasteiger charge is 2.27. The molecule has 0 aliphatic rings. The van der Waals surface area contributed by atoms with Crippen LogP contribution in [-0.4, -0.2) is 18.6 Å². The fourth-order valence-corrected chi connectivity index (χ4v) is 2.42. The predicted octanol–water partition coefficient (Wildman–Crippen LogP) is 4.41. The summed E-state index contributed by atoms with van der Waals surface area (Å²) in [4.78, 5) is 12.4. The summed E-state index contributed by atoms with van der Waals surface area (Å²) in [6.07, 6.45) is -4.41. The summed E-state index contributed by atoms with van der Waals surface area (Å²) < 4.78 is 39.3. The van der Waals surface area contributed by atoms with Crippen molar-refractivity contribution >= 4 is 23.5 Å².